The van der Waals surface area contributed by atoms with Crippen LogP contribution in [0.15, 0.2) is 18.3 Å². The van der Waals surface area contributed by atoms with Gasteiger partial charge in [0, 0.05) is 12.2 Å². The molecule has 3 N–H and O–H groups in total. The van der Waals surface area contributed by atoms with E-state index in [2.05, 4.69) is 20.3 Å². The van der Waals surface area contributed by atoms with Crippen molar-refractivity contribution in [2.24, 2.45) is 5.92 Å². The Morgan fingerprint density at radius 1 is 1.19 bits per heavy atom. The minimum Gasteiger partial charge on any atom is -0.501 e. The molecular weight excluding hydrogens is 332 g/mol. The monoisotopic (exact) mass is 356 g/mol. The van der Waals surface area contributed by atoms with E-state index < -0.39 is 17.5 Å². The van der Waals surface area contributed by atoms with Crippen LogP contribution in [-0.2, 0) is 0 Å². The first-order valence-corrected chi connectivity index (χ1v) is 8.99. The van der Waals surface area contributed by atoms with E-state index in [-0.39, 0.29) is 17.6 Å². The Hall–Kier alpha value is -2.70. The SMILES string of the molecule is Cc1ccc(-c2nc(O)c(O)c(C(=O)N[C@H](C)C3CCCCC3)n2)nc1. The third-order valence-corrected chi connectivity index (χ3v) is 4.94. The molecule has 0 spiro atoms. The lowest BCUT2D eigenvalue weighted by atomic mass is 9.84. The summed E-state index contributed by atoms with van der Waals surface area (Å²) in [7, 11) is 0. The van der Waals surface area contributed by atoms with E-state index in [0.29, 0.717) is 11.6 Å². The Labute approximate surface area is 152 Å². The molecule has 0 bridgehead atoms. The summed E-state index contributed by atoms with van der Waals surface area (Å²) in [5.74, 6) is -1.26. The molecule has 7 heteroatoms. The van der Waals surface area contributed by atoms with Crippen LogP contribution in [0.4, 0.5) is 0 Å². The average molecular weight is 356 g/mol. The van der Waals surface area contributed by atoms with Gasteiger partial charge >= 0.3 is 0 Å². The molecule has 2 aromatic rings. The van der Waals surface area contributed by atoms with Crippen LogP contribution in [0.5, 0.6) is 11.6 Å². The third kappa shape index (κ3) is 3.92. The number of aromatic hydroxyl groups is 2. The Balaban J connectivity index is 1.83. The van der Waals surface area contributed by atoms with Gasteiger partial charge in [-0.2, -0.15) is 4.98 Å². The van der Waals surface area contributed by atoms with E-state index in [0.717, 1.165) is 18.4 Å². The van der Waals surface area contributed by atoms with Crippen LogP contribution in [-0.4, -0.2) is 37.1 Å². The van der Waals surface area contributed by atoms with Gasteiger partial charge in [0.2, 0.25) is 5.75 Å². The van der Waals surface area contributed by atoms with Crippen molar-refractivity contribution in [1.82, 2.24) is 20.3 Å². The molecule has 1 amide bonds. The van der Waals surface area contributed by atoms with Gasteiger partial charge in [-0.25, -0.2) is 4.98 Å². The fourth-order valence-corrected chi connectivity index (χ4v) is 3.34. The van der Waals surface area contributed by atoms with Crippen molar-refractivity contribution in [3.05, 3.63) is 29.6 Å². The van der Waals surface area contributed by atoms with Crippen LogP contribution in [0.2, 0.25) is 0 Å². The number of nitrogens with one attached hydrogen (secondary N) is 1. The minimum absolute atomic E-state index is 0.0275. The molecule has 2 aromatic heterocycles. The number of amides is 1. The molecular formula is C19H24N4O3. The molecule has 1 aliphatic rings. The molecule has 0 unspecified atom stereocenters. The minimum atomic E-state index is -0.632. The van der Waals surface area contributed by atoms with E-state index in [1.807, 2.05) is 19.9 Å². The van der Waals surface area contributed by atoms with Crippen LogP contribution in [0.1, 0.15) is 55.1 Å². The smallest absolute Gasteiger partial charge is 0.274 e. The molecule has 0 aromatic carbocycles. The van der Waals surface area contributed by atoms with E-state index in [1.54, 1.807) is 12.3 Å². The maximum absolute atomic E-state index is 12.6. The van der Waals surface area contributed by atoms with Crippen LogP contribution in [0.25, 0.3) is 11.5 Å². The second-order valence-corrected chi connectivity index (χ2v) is 6.95. The normalized spacial score (nSPS) is 16.2. The Morgan fingerprint density at radius 2 is 1.92 bits per heavy atom. The second-order valence-electron chi connectivity index (χ2n) is 6.95. The number of nitrogens with zero attached hydrogens (tertiary/aromatic N) is 3. The highest BCUT2D eigenvalue weighted by molar-refractivity contribution is 5.96. The lowest BCUT2D eigenvalue weighted by Gasteiger charge is -2.28. The molecule has 1 atom stereocenters. The van der Waals surface area contributed by atoms with Crippen molar-refractivity contribution in [2.75, 3.05) is 0 Å². The number of hydrogen-bond donors (Lipinski definition) is 3. The van der Waals surface area contributed by atoms with Crippen LogP contribution >= 0.6 is 0 Å². The molecule has 26 heavy (non-hydrogen) atoms. The summed E-state index contributed by atoms with van der Waals surface area (Å²) < 4.78 is 0. The summed E-state index contributed by atoms with van der Waals surface area (Å²) in [5.41, 5.74) is 1.15. The number of carbonyl (C=O) groups is 1. The fraction of sp³-hybridized carbons (Fsp3) is 0.474. The maximum atomic E-state index is 12.6. The van der Waals surface area contributed by atoms with E-state index >= 15 is 0 Å². The lowest BCUT2D eigenvalue weighted by Crippen LogP contribution is -2.39. The highest BCUT2D eigenvalue weighted by Gasteiger charge is 2.25. The predicted octanol–water partition coefficient (Wildman–Crippen LogP) is 2.96. The quantitative estimate of drug-likeness (QED) is 0.777. The van der Waals surface area contributed by atoms with Gasteiger partial charge in [-0.15, -0.1) is 0 Å². The Kier molecular flexibility index (Phi) is 5.35. The van der Waals surface area contributed by atoms with Gasteiger partial charge in [-0.3, -0.25) is 9.78 Å². The molecule has 0 saturated heterocycles. The van der Waals surface area contributed by atoms with Gasteiger partial charge < -0.3 is 15.5 Å². The highest BCUT2D eigenvalue weighted by Crippen LogP contribution is 2.29. The largest absolute Gasteiger partial charge is 0.501 e. The third-order valence-electron chi connectivity index (χ3n) is 4.94. The lowest BCUT2D eigenvalue weighted by molar-refractivity contribution is 0.0910. The summed E-state index contributed by atoms with van der Waals surface area (Å²) in [4.78, 5) is 24.8. The van der Waals surface area contributed by atoms with Crippen molar-refractivity contribution in [3.63, 3.8) is 0 Å². The van der Waals surface area contributed by atoms with E-state index in [1.165, 1.54) is 19.3 Å². The second kappa shape index (κ2) is 7.68. The van der Waals surface area contributed by atoms with Gasteiger partial charge in [-0.05, 0) is 44.2 Å². The van der Waals surface area contributed by atoms with Crippen molar-refractivity contribution < 1.29 is 15.0 Å². The summed E-state index contributed by atoms with van der Waals surface area (Å²) >= 11 is 0. The maximum Gasteiger partial charge on any atom is 0.274 e. The zero-order chi connectivity index (χ0) is 18.7. The van der Waals surface area contributed by atoms with E-state index in [9.17, 15) is 15.0 Å². The summed E-state index contributed by atoms with van der Waals surface area (Å²) in [6, 6.07) is 3.51. The Morgan fingerprint density at radius 3 is 2.58 bits per heavy atom. The van der Waals surface area contributed by atoms with Crippen molar-refractivity contribution in [2.45, 2.75) is 52.0 Å². The number of aromatic nitrogens is 3. The number of aryl methyl sites for hydroxylation is 1. The van der Waals surface area contributed by atoms with Crippen molar-refractivity contribution >= 4 is 5.91 Å². The van der Waals surface area contributed by atoms with E-state index in [4.69, 9.17) is 0 Å². The van der Waals surface area contributed by atoms with Gasteiger partial charge in [0.15, 0.2) is 11.5 Å². The molecule has 138 valence electrons. The molecule has 1 fully saturated rings. The van der Waals surface area contributed by atoms with Crippen molar-refractivity contribution in [1.29, 1.82) is 0 Å². The average Bonchev–Trinajstić information content (AvgIpc) is 2.65. The molecule has 1 aliphatic carbocycles. The van der Waals surface area contributed by atoms with Crippen molar-refractivity contribution in [3.8, 4) is 23.1 Å². The summed E-state index contributed by atoms with van der Waals surface area (Å²) in [6.45, 7) is 3.87. The molecule has 0 aliphatic heterocycles. The van der Waals surface area contributed by atoms with Gasteiger partial charge in [0.05, 0.1) is 0 Å². The van der Waals surface area contributed by atoms with Crippen LogP contribution in [0.3, 0.4) is 0 Å². The number of pyridine rings is 1. The fourth-order valence-electron chi connectivity index (χ4n) is 3.34. The predicted molar refractivity (Wildman–Crippen MR) is 96.8 cm³/mol. The van der Waals surface area contributed by atoms with Crippen LogP contribution in [0, 0.1) is 12.8 Å². The highest BCUT2D eigenvalue weighted by atomic mass is 16.3. The zero-order valence-electron chi connectivity index (χ0n) is 15.1. The van der Waals surface area contributed by atoms with Gasteiger partial charge in [0.1, 0.15) is 5.69 Å². The zero-order valence-corrected chi connectivity index (χ0v) is 15.1. The molecule has 3 rings (SSSR count). The molecule has 0 radical (unpaired) electrons. The molecule has 7 nitrogen and oxygen atoms in total. The number of carbonyl (C=O) groups excluding carboxylic acids is 1. The first kappa shape index (κ1) is 18.1. The van der Waals surface area contributed by atoms with Gasteiger partial charge in [0.25, 0.3) is 11.8 Å². The topological polar surface area (TPSA) is 108 Å². The van der Waals surface area contributed by atoms with Gasteiger partial charge in [-0.1, -0.05) is 25.3 Å². The number of hydrogen-bond acceptors (Lipinski definition) is 6. The summed E-state index contributed by atoms with van der Waals surface area (Å²) in [6.07, 6.45) is 7.40. The number of rotatable bonds is 4. The molecule has 1 saturated carbocycles. The summed E-state index contributed by atoms with van der Waals surface area (Å²) in [5, 5.41) is 22.9. The Bertz CT molecular complexity index is 786. The molecule has 2 heterocycles. The van der Waals surface area contributed by atoms with Crippen LogP contribution < -0.4 is 5.32 Å². The standard InChI is InChI=1S/C19H24N4O3/c1-11-8-9-14(20-10-11)17-22-15(16(24)19(26)23-17)18(25)21-12(2)13-6-4-3-5-7-13/h8-10,12-13,24H,3-7H2,1-2H3,(H,21,25)(H,22,23,26)/t12-/m1/s1. The first-order chi connectivity index (χ1) is 12.5. The first-order valence-electron chi connectivity index (χ1n) is 8.99.